The maximum Gasteiger partial charge on any atom is 0.0343 e. The molecule has 18 heavy (non-hydrogen) atoms. The van der Waals surface area contributed by atoms with Crippen LogP contribution in [0.2, 0.25) is 0 Å². The third-order valence-corrected chi connectivity index (χ3v) is 4.29. The molecular formula is C16H26N2. The van der Waals surface area contributed by atoms with Crippen molar-refractivity contribution >= 4 is 5.69 Å². The first kappa shape index (κ1) is 13.4. The monoisotopic (exact) mass is 246 g/mol. The highest BCUT2D eigenvalue weighted by Crippen LogP contribution is 2.24. The van der Waals surface area contributed by atoms with Crippen LogP contribution in [0.4, 0.5) is 5.69 Å². The molecule has 1 aromatic rings. The summed E-state index contributed by atoms with van der Waals surface area (Å²) in [5.74, 6) is 0.817. The Morgan fingerprint density at radius 2 is 2.00 bits per heavy atom. The molecule has 0 bridgehead atoms. The molecule has 0 aliphatic heterocycles. The first-order valence-corrected chi connectivity index (χ1v) is 7.17. The molecule has 0 aromatic heterocycles. The maximum atomic E-state index is 3.60. The molecule has 2 N–H and O–H groups in total. The van der Waals surface area contributed by atoms with E-state index in [1.165, 1.54) is 42.5 Å². The summed E-state index contributed by atoms with van der Waals surface area (Å²) in [5.41, 5.74) is 4.01. The van der Waals surface area contributed by atoms with Gasteiger partial charge in [-0.2, -0.15) is 0 Å². The highest BCUT2D eigenvalue weighted by atomic mass is 14.9. The fourth-order valence-electron chi connectivity index (χ4n) is 2.85. The molecular weight excluding hydrogens is 220 g/mol. The standard InChI is InChI=1S/C16H26N2/c1-12-7-8-16(9-13(12)2)18-11-14-5-4-6-15(10-14)17-3/h7-9,14-15,17-18H,4-6,10-11H2,1-3H3. The first-order valence-electron chi connectivity index (χ1n) is 7.17. The van der Waals surface area contributed by atoms with Crippen LogP contribution in [0.3, 0.4) is 0 Å². The minimum atomic E-state index is 0.727. The van der Waals surface area contributed by atoms with Crippen LogP contribution in [0.1, 0.15) is 36.8 Å². The van der Waals surface area contributed by atoms with E-state index in [-0.39, 0.29) is 0 Å². The summed E-state index contributed by atoms with van der Waals surface area (Å²) < 4.78 is 0. The number of aryl methyl sites for hydroxylation is 2. The van der Waals surface area contributed by atoms with Crippen molar-refractivity contribution in [1.29, 1.82) is 0 Å². The normalized spacial score (nSPS) is 23.9. The SMILES string of the molecule is CNC1CCCC(CNc2ccc(C)c(C)c2)C1. The Balaban J connectivity index is 1.85. The smallest absolute Gasteiger partial charge is 0.0343 e. The molecule has 1 saturated carbocycles. The summed E-state index contributed by atoms with van der Waals surface area (Å²) in [6.07, 6.45) is 5.39. The molecule has 1 aromatic carbocycles. The van der Waals surface area contributed by atoms with Gasteiger partial charge in [-0.15, -0.1) is 0 Å². The number of hydrogen-bond acceptors (Lipinski definition) is 2. The Morgan fingerprint density at radius 3 is 2.72 bits per heavy atom. The lowest BCUT2D eigenvalue weighted by molar-refractivity contribution is 0.306. The van der Waals surface area contributed by atoms with Crippen LogP contribution in [0, 0.1) is 19.8 Å². The molecule has 0 amide bonds. The Morgan fingerprint density at radius 1 is 1.17 bits per heavy atom. The first-order chi connectivity index (χ1) is 8.69. The van der Waals surface area contributed by atoms with Crippen molar-refractivity contribution in [1.82, 2.24) is 5.32 Å². The van der Waals surface area contributed by atoms with Crippen LogP contribution >= 0.6 is 0 Å². The van der Waals surface area contributed by atoms with E-state index in [0.29, 0.717) is 0 Å². The average Bonchev–Trinajstić information content (AvgIpc) is 2.40. The van der Waals surface area contributed by atoms with Gasteiger partial charge in [0, 0.05) is 18.3 Å². The molecule has 0 heterocycles. The molecule has 2 heteroatoms. The van der Waals surface area contributed by atoms with Crippen molar-refractivity contribution in [3.8, 4) is 0 Å². The summed E-state index contributed by atoms with van der Waals surface area (Å²) in [6, 6.07) is 7.38. The Bertz CT molecular complexity index is 387. The third-order valence-electron chi connectivity index (χ3n) is 4.29. The molecule has 1 aliphatic rings. The van der Waals surface area contributed by atoms with Crippen molar-refractivity contribution in [3.05, 3.63) is 29.3 Å². The van der Waals surface area contributed by atoms with Gasteiger partial charge >= 0.3 is 0 Å². The second-order valence-electron chi connectivity index (χ2n) is 5.70. The largest absolute Gasteiger partial charge is 0.385 e. The highest BCUT2D eigenvalue weighted by Gasteiger charge is 2.20. The molecule has 2 atom stereocenters. The number of rotatable bonds is 4. The van der Waals surface area contributed by atoms with Crippen LogP contribution in [-0.2, 0) is 0 Å². The second kappa shape index (κ2) is 6.24. The molecule has 1 fully saturated rings. The average molecular weight is 246 g/mol. The summed E-state index contributed by atoms with van der Waals surface area (Å²) in [6.45, 7) is 5.45. The second-order valence-corrected chi connectivity index (χ2v) is 5.70. The Labute approximate surface area is 111 Å². The quantitative estimate of drug-likeness (QED) is 0.849. The van der Waals surface area contributed by atoms with Crippen LogP contribution in [-0.4, -0.2) is 19.6 Å². The number of benzene rings is 1. The van der Waals surface area contributed by atoms with Gasteiger partial charge in [-0.3, -0.25) is 0 Å². The minimum absolute atomic E-state index is 0.727. The predicted molar refractivity (Wildman–Crippen MR) is 79.2 cm³/mol. The summed E-state index contributed by atoms with van der Waals surface area (Å²) in [5, 5.41) is 7.02. The molecule has 100 valence electrons. The van der Waals surface area contributed by atoms with Crippen LogP contribution < -0.4 is 10.6 Å². The van der Waals surface area contributed by atoms with Gasteiger partial charge in [-0.05, 0) is 69.3 Å². The van der Waals surface area contributed by atoms with E-state index in [4.69, 9.17) is 0 Å². The van der Waals surface area contributed by atoms with Gasteiger partial charge in [0.05, 0.1) is 0 Å². The van der Waals surface area contributed by atoms with Gasteiger partial charge < -0.3 is 10.6 Å². The zero-order chi connectivity index (χ0) is 13.0. The highest BCUT2D eigenvalue weighted by molar-refractivity contribution is 5.48. The van der Waals surface area contributed by atoms with E-state index in [9.17, 15) is 0 Å². The van der Waals surface area contributed by atoms with E-state index in [0.717, 1.165) is 18.5 Å². The predicted octanol–water partition coefficient (Wildman–Crippen LogP) is 3.49. The topological polar surface area (TPSA) is 24.1 Å². The van der Waals surface area contributed by atoms with Crippen molar-refractivity contribution in [2.75, 3.05) is 18.9 Å². The van der Waals surface area contributed by atoms with Crippen molar-refractivity contribution in [2.24, 2.45) is 5.92 Å². The van der Waals surface area contributed by atoms with Gasteiger partial charge in [0.15, 0.2) is 0 Å². The van der Waals surface area contributed by atoms with Crippen molar-refractivity contribution in [2.45, 2.75) is 45.6 Å². The van der Waals surface area contributed by atoms with Gasteiger partial charge in [0.1, 0.15) is 0 Å². The number of nitrogens with one attached hydrogen (secondary N) is 2. The van der Waals surface area contributed by atoms with E-state index < -0.39 is 0 Å². The van der Waals surface area contributed by atoms with Crippen molar-refractivity contribution in [3.63, 3.8) is 0 Å². The maximum absolute atomic E-state index is 3.60. The number of hydrogen-bond donors (Lipinski definition) is 2. The zero-order valence-corrected chi connectivity index (χ0v) is 11.9. The Hall–Kier alpha value is -1.02. The fraction of sp³-hybridized carbons (Fsp3) is 0.625. The van der Waals surface area contributed by atoms with E-state index in [2.05, 4.69) is 49.7 Å². The minimum Gasteiger partial charge on any atom is -0.385 e. The van der Waals surface area contributed by atoms with Gasteiger partial charge in [-0.25, -0.2) is 0 Å². The van der Waals surface area contributed by atoms with Gasteiger partial charge in [0.25, 0.3) is 0 Å². The van der Waals surface area contributed by atoms with Crippen LogP contribution in [0.15, 0.2) is 18.2 Å². The Kier molecular flexibility index (Phi) is 4.65. The summed E-state index contributed by atoms with van der Waals surface area (Å²) >= 11 is 0. The molecule has 0 spiro atoms. The third kappa shape index (κ3) is 3.49. The number of anilines is 1. The summed E-state index contributed by atoms with van der Waals surface area (Å²) in [4.78, 5) is 0. The fourth-order valence-corrected chi connectivity index (χ4v) is 2.85. The van der Waals surface area contributed by atoms with Crippen LogP contribution in [0.25, 0.3) is 0 Å². The van der Waals surface area contributed by atoms with E-state index >= 15 is 0 Å². The summed E-state index contributed by atoms with van der Waals surface area (Å²) in [7, 11) is 2.09. The molecule has 0 saturated heterocycles. The van der Waals surface area contributed by atoms with Gasteiger partial charge in [-0.1, -0.05) is 12.5 Å². The van der Waals surface area contributed by atoms with E-state index in [1.807, 2.05) is 0 Å². The van der Waals surface area contributed by atoms with Crippen molar-refractivity contribution < 1.29 is 0 Å². The van der Waals surface area contributed by atoms with E-state index in [1.54, 1.807) is 0 Å². The lowest BCUT2D eigenvalue weighted by Crippen LogP contribution is -2.33. The molecule has 2 unspecified atom stereocenters. The molecule has 1 aliphatic carbocycles. The molecule has 2 nitrogen and oxygen atoms in total. The van der Waals surface area contributed by atoms with Gasteiger partial charge in [0.2, 0.25) is 0 Å². The molecule has 2 rings (SSSR count). The molecule has 0 radical (unpaired) electrons. The lowest BCUT2D eigenvalue weighted by Gasteiger charge is -2.29. The zero-order valence-electron chi connectivity index (χ0n) is 11.9. The lowest BCUT2D eigenvalue weighted by atomic mass is 9.85. The van der Waals surface area contributed by atoms with Crippen LogP contribution in [0.5, 0.6) is 0 Å².